The second-order valence-electron chi connectivity index (χ2n) is 2.51. The first kappa shape index (κ1) is 11.5. The van der Waals surface area contributed by atoms with E-state index in [9.17, 15) is 9.59 Å². The number of rotatable bonds is 2. The van der Waals surface area contributed by atoms with E-state index in [1.165, 1.54) is 25.3 Å². The third-order valence-corrected chi connectivity index (χ3v) is 2.16. The quantitative estimate of drug-likeness (QED) is 0.662. The van der Waals surface area contributed by atoms with Crippen molar-refractivity contribution in [2.24, 2.45) is 0 Å². The molecule has 0 unspecified atom stereocenters. The Bertz CT molecular complexity index is 401. The number of ether oxygens (including phenoxy) is 2. The standard InChI is InChI=1S/C9H7BrO5/c1-14-9(13)15-7-3-2-5(8(11)12)4-6(7)10/h2-4H,1H3,(H,11,12). The summed E-state index contributed by atoms with van der Waals surface area (Å²) in [6.07, 6.45) is -0.862. The number of hydrogen-bond acceptors (Lipinski definition) is 4. The minimum atomic E-state index is -1.06. The molecule has 0 aliphatic heterocycles. The molecule has 5 nitrogen and oxygen atoms in total. The summed E-state index contributed by atoms with van der Waals surface area (Å²) in [4.78, 5) is 21.4. The van der Waals surface area contributed by atoms with Crippen molar-refractivity contribution < 1.29 is 24.2 Å². The number of aromatic carboxylic acids is 1. The van der Waals surface area contributed by atoms with Crippen molar-refractivity contribution in [2.45, 2.75) is 0 Å². The maximum Gasteiger partial charge on any atom is 0.513 e. The first-order valence-electron chi connectivity index (χ1n) is 3.83. The Morgan fingerprint density at radius 2 is 2.07 bits per heavy atom. The second-order valence-corrected chi connectivity index (χ2v) is 3.36. The molecule has 0 radical (unpaired) electrons. The van der Waals surface area contributed by atoms with Gasteiger partial charge in [-0.25, -0.2) is 9.59 Å². The lowest BCUT2D eigenvalue weighted by Crippen LogP contribution is -2.08. The highest BCUT2D eigenvalue weighted by Gasteiger charge is 2.10. The molecule has 0 heterocycles. The molecule has 6 heteroatoms. The van der Waals surface area contributed by atoms with E-state index in [2.05, 4.69) is 20.7 Å². The maximum absolute atomic E-state index is 10.8. The van der Waals surface area contributed by atoms with Gasteiger partial charge >= 0.3 is 12.1 Å². The third kappa shape index (κ3) is 2.95. The van der Waals surface area contributed by atoms with Crippen LogP contribution >= 0.6 is 15.9 Å². The van der Waals surface area contributed by atoms with Gasteiger partial charge in [-0.2, -0.15) is 0 Å². The maximum atomic E-state index is 10.8. The minimum absolute atomic E-state index is 0.0964. The van der Waals surface area contributed by atoms with Crippen molar-refractivity contribution in [3.63, 3.8) is 0 Å². The van der Waals surface area contributed by atoms with Crippen LogP contribution in [0, 0.1) is 0 Å². The zero-order chi connectivity index (χ0) is 11.4. The predicted molar refractivity (Wildman–Crippen MR) is 54.1 cm³/mol. The van der Waals surface area contributed by atoms with Crippen LogP contribution in [0.3, 0.4) is 0 Å². The molecule has 0 saturated heterocycles. The predicted octanol–water partition coefficient (Wildman–Crippen LogP) is 2.29. The van der Waals surface area contributed by atoms with Gasteiger partial charge in [0.1, 0.15) is 5.75 Å². The van der Waals surface area contributed by atoms with E-state index in [-0.39, 0.29) is 11.3 Å². The molecule has 1 aromatic carbocycles. The molecule has 0 saturated carbocycles. The van der Waals surface area contributed by atoms with Gasteiger partial charge in [0.05, 0.1) is 17.1 Å². The zero-order valence-corrected chi connectivity index (χ0v) is 9.28. The lowest BCUT2D eigenvalue weighted by molar-refractivity contribution is 0.0697. The van der Waals surface area contributed by atoms with E-state index in [1.54, 1.807) is 0 Å². The number of carboxylic acid groups (broad SMARTS) is 1. The van der Waals surface area contributed by atoms with Crippen LogP contribution in [0.2, 0.25) is 0 Å². The summed E-state index contributed by atoms with van der Waals surface area (Å²) in [6, 6.07) is 4.02. The van der Waals surface area contributed by atoms with Crippen molar-refractivity contribution in [2.75, 3.05) is 7.11 Å². The number of hydrogen-bond donors (Lipinski definition) is 1. The Hall–Kier alpha value is -1.56. The Morgan fingerprint density at radius 3 is 2.53 bits per heavy atom. The Labute approximate surface area is 93.7 Å². The van der Waals surface area contributed by atoms with Crippen molar-refractivity contribution in [1.29, 1.82) is 0 Å². The van der Waals surface area contributed by atoms with Crippen LogP contribution in [0.5, 0.6) is 5.75 Å². The number of halogens is 1. The van der Waals surface area contributed by atoms with Crippen molar-refractivity contribution in [1.82, 2.24) is 0 Å². The molecular formula is C9H7BrO5. The average Bonchev–Trinajstić information content (AvgIpc) is 2.20. The number of carboxylic acids is 1. The van der Waals surface area contributed by atoms with Gasteiger partial charge in [0.25, 0.3) is 0 Å². The molecule has 0 aliphatic carbocycles. The van der Waals surface area contributed by atoms with E-state index >= 15 is 0 Å². The molecule has 0 spiro atoms. The molecule has 80 valence electrons. The zero-order valence-electron chi connectivity index (χ0n) is 7.69. The fraction of sp³-hybridized carbons (Fsp3) is 0.111. The monoisotopic (exact) mass is 274 g/mol. The number of methoxy groups -OCH3 is 1. The Balaban J connectivity index is 2.93. The fourth-order valence-electron chi connectivity index (χ4n) is 0.848. The molecule has 1 rings (SSSR count). The summed E-state index contributed by atoms with van der Waals surface area (Å²) >= 11 is 3.08. The highest BCUT2D eigenvalue weighted by Crippen LogP contribution is 2.26. The van der Waals surface area contributed by atoms with E-state index in [0.717, 1.165) is 0 Å². The van der Waals surface area contributed by atoms with E-state index in [1.807, 2.05) is 0 Å². The van der Waals surface area contributed by atoms with Crippen LogP contribution in [0.15, 0.2) is 22.7 Å². The molecule has 0 fully saturated rings. The van der Waals surface area contributed by atoms with Crippen molar-refractivity contribution >= 4 is 28.1 Å². The van der Waals surface area contributed by atoms with Crippen LogP contribution in [0.25, 0.3) is 0 Å². The second kappa shape index (κ2) is 4.79. The Morgan fingerprint density at radius 1 is 1.40 bits per heavy atom. The minimum Gasteiger partial charge on any atom is -0.478 e. The molecule has 0 atom stereocenters. The first-order chi connectivity index (χ1) is 7.04. The highest BCUT2D eigenvalue weighted by atomic mass is 79.9. The van der Waals surface area contributed by atoms with Gasteiger partial charge in [-0.1, -0.05) is 0 Å². The smallest absolute Gasteiger partial charge is 0.478 e. The molecule has 0 amide bonds. The summed E-state index contributed by atoms with van der Waals surface area (Å²) < 4.78 is 9.38. The third-order valence-electron chi connectivity index (χ3n) is 1.54. The van der Waals surface area contributed by atoms with Crippen LogP contribution < -0.4 is 4.74 Å². The lowest BCUT2D eigenvalue weighted by Gasteiger charge is -2.05. The lowest BCUT2D eigenvalue weighted by atomic mass is 10.2. The number of benzene rings is 1. The van der Waals surface area contributed by atoms with Crippen molar-refractivity contribution in [3.05, 3.63) is 28.2 Å². The molecular weight excluding hydrogens is 268 g/mol. The summed E-state index contributed by atoms with van der Waals surface area (Å²) in [5.41, 5.74) is 0.0964. The van der Waals surface area contributed by atoms with Crippen molar-refractivity contribution in [3.8, 4) is 5.75 Å². The molecule has 1 N–H and O–H groups in total. The van der Waals surface area contributed by atoms with Gasteiger partial charge in [-0.05, 0) is 34.1 Å². The molecule has 0 aromatic heterocycles. The molecule has 0 bridgehead atoms. The van der Waals surface area contributed by atoms with E-state index in [4.69, 9.17) is 9.84 Å². The van der Waals surface area contributed by atoms with Gasteiger partial charge < -0.3 is 14.6 Å². The van der Waals surface area contributed by atoms with E-state index < -0.39 is 12.1 Å². The van der Waals surface area contributed by atoms with Crippen LogP contribution in [-0.2, 0) is 4.74 Å². The fourth-order valence-corrected chi connectivity index (χ4v) is 1.31. The van der Waals surface area contributed by atoms with Crippen LogP contribution in [0.4, 0.5) is 4.79 Å². The van der Waals surface area contributed by atoms with Gasteiger partial charge in [0, 0.05) is 0 Å². The van der Waals surface area contributed by atoms with Gasteiger partial charge in [-0.3, -0.25) is 0 Å². The molecule has 1 aromatic rings. The highest BCUT2D eigenvalue weighted by molar-refractivity contribution is 9.10. The SMILES string of the molecule is COC(=O)Oc1ccc(C(=O)O)cc1Br. The summed E-state index contributed by atoms with van der Waals surface area (Å²) in [6.45, 7) is 0. The topological polar surface area (TPSA) is 72.8 Å². The van der Waals surface area contributed by atoms with Crippen LogP contribution in [-0.4, -0.2) is 24.3 Å². The molecule has 15 heavy (non-hydrogen) atoms. The largest absolute Gasteiger partial charge is 0.513 e. The summed E-state index contributed by atoms with van der Waals surface area (Å²) in [5, 5.41) is 8.67. The normalized spacial score (nSPS) is 9.47. The average molecular weight is 275 g/mol. The number of carbonyl (C=O) groups excluding carboxylic acids is 1. The van der Waals surface area contributed by atoms with Gasteiger partial charge in [-0.15, -0.1) is 0 Å². The number of carbonyl (C=O) groups is 2. The van der Waals surface area contributed by atoms with Gasteiger partial charge in [0.15, 0.2) is 0 Å². The Kier molecular flexibility index (Phi) is 3.68. The summed E-state index contributed by atoms with van der Waals surface area (Å²) in [7, 11) is 1.18. The van der Waals surface area contributed by atoms with E-state index in [0.29, 0.717) is 4.47 Å². The summed E-state index contributed by atoms with van der Waals surface area (Å²) in [5.74, 6) is -0.854. The van der Waals surface area contributed by atoms with Gasteiger partial charge in [0.2, 0.25) is 0 Å². The van der Waals surface area contributed by atoms with Crippen LogP contribution in [0.1, 0.15) is 10.4 Å². The molecule has 0 aliphatic rings. The first-order valence-corrected chi connectivity index (χ1v) is 4.62.